The predicted octanol–water partition coefficient (Wildman–Crippen LogP) is 4.24. The molecule has 0 bridgehead atoms. The van der Waals surface area contributed by atoms with Crippen LogP contribution in [0.5, 0.6) is 5.75 Å². The molecule has 164 valence electrons. The van der Waals surface area contributed by atoms with Gasteiger partial charge in [-0.25, -0.2) is 4.39 Å². The summed E-state index contributed by atoms with van der Waals surface area (Å²) < 4.78 is 14.6. The number of phenols is 1. The standard InChI is InChI=1S/C24H21ClFN3O3/c1-13-17(3-2-10-28-13)24(32)29(22(23(27)31)14-4-6-16(30)7-5-14)21-9-8-18-19(21)11-15(25)12-20(18)26/h2-7,10-12,21-22,30H,8-9H2,1H3,(H2,27,31)/t21-,22-/m1/s1. The molecule has 4 rings (SSSR count). The van der Waals surface area contributed by atoms with Gasteiger partial charge in [0.2, 0.25) is 5.91 Å². The minimum absolute atomic E-state index is 0.0121. The molecule has 1 aromatic heterocycles. The molecule has 0 saturated carbocycles. The normalized spacial score (nSPS) is 15.8. The Morgan fingerprint density at radius 1 is 1.25 bits per heavy atom. The number of phenolic OH excluding ortho intramolecular Hbond substituents is 1. The van der Waals surface area contributed by atoms with Crippen molar-refractivity contribution in [1.82, 2.24) is 9.88 Å². The molecule has 8 heteroatoms. The molecule has 32 heavy (non-hydrogen) atoms. The Bertz CT molecular complexity index is 1200. The zero-order valence-electron chi connectivity index (χ0n) is 17.3. The number of nitrogens with zero attached hydrogens (tertiary/aromatic N) is 2. The molecule has 1 aliphatic rings. The van der Waals surface area contributed by atoms with E-state index in [0.29, 0.717) is 40.8 Å². The fourth-order valence-corrected chi connectivity index (χ4v) is 4.53. The summed E-state index contributed by atoms with van der Waals surface area (Å²) in [7, 11) is 0. The van der Waals surface area contributed by atoms with Gasteiger partial charge in [-0.3, -0.25) is 14.6 Å². The van der Waals surface area contributed by atoms with E-state index in [-0.39, 0.29) is 10.8 Å². The fourth-order valence-electron chi connectivity index (χ4n) is 4.32. The van der Waals surface area contributed by atoms with E-state index in [2.05, 4.69) is 4.98 Å². The maximum atomic E-state index is 14.6. The lowest BCUT2D eigenvalue weighted by Gasteiger charge is -2.36. The first-order chi connectivity index (χ1) is 15.3. The van der Waals surface area contributed by atoms with Gasteiger partial charge in [0.15, 0.2) is 0 Å². The molecule has 0 fully saturated rings. The van der Waals surface area contributed by atoms with Crippen LogP contribution < -0.4 is 5.73 Å². The molecule has 3 N–H and O–H groups in total. The van der Waals surface area contributed by atoms with Crippen LogP contribution in [0.1, 0.15) is 51.2 Å². The monoisotopic (exact) mass is 453 g/mol. The molecule has 1 heterocycles. The second-order valence-electron chi connectivity index (χ2n) is 7.76. The predicted molar refractivity (Wildman–Crippen MR) is 118 cm³/mol. The summed E-state index contributed by atoms with van der Waals surface area (Å²) in [6.07, 6.45) is 2.36. The number of carbonyl (C=O) groups is 2. The van der Waals surface area contributed by atoms with Gasteiger partial charge in [0.1, 0.15) is 17.6 Å². The number of aromatic hydroxyl groups is 1. The number of hydrogen-bond acceptors (Lipinski definition) is 4. The van der Waals surface area contributed by atoms with Crippen LogP contribution in [0.3, 0.4) is 0 Å². The van der Waals surface area contributed by atoms with Crippen LogP contribution in [-0.4, -0.2) is 26.8 Å². The zero-order chi connectivity index (χ0) is 23.0. The molecule has 2 amide bonds. The van der Waals surface area contributed by atoms with Crippen LogP contribution in [0.4, 0.5) is 4.39 Å². The first-order valence-electron chi connectivity index (χ1n) is 10.1. The Labute approximate surface area is 189 Å². The molecule has 3 aromatic rings. The molecule has 0 aliphatic heterocycles. The number of hydrogen-bond donors (Lipinski definition) is 2. The van der Waals surface area contributed by atoms with Gasteiger partial charge in [-0.2, -0.15) is 0 Å². The van der Waals surface area contributed by atoms with Crippen LogP contribution in [0.2, 0.25) is 5.02 Å². The molecule has 0 unspecified atom stereocenters. The third-order valence-electron chi connectivity index (χ3n) is 5.79. The molecule has 2 aromatic carbocycles. The average molecular weight is 454 g/mol. The summed E-state index contributed by atoms with van der Waals surface area (Å²) in [6, 6.07) is 10.3. The molecule has 0 spiro atoms. The zero-order valence-corrected chi connectivity index (χ0v) is 18.0. The summed E-state index contributed by atoms with van der Waals surface area (Å²) in [5.74, 6) is -1.63. The number of aryl methyl sites for hydroxylation is 1. The number of nitrogens with two attached hydrogens (primary N) is 1. The van der Waals surface area contributed by atoms with Gasteiger partial charge in [-0.1, -0.05) is 23.7 Å². The highest BCUT2D eigenvalue weighted by Crippen LogP contribution is 2.43. The smallest absolute Gasteiger partial charge is 0.257 e. The number of benzene rings is 2. The quantitative estimate of drug-likeness (QED) is 0.603. The van der Waals surface area contributed by atoms with Crippen molar-refractivity contribution in [3.63, 3.8) is 0 Å². The maximum Gasteiger partial charge on any atom is 0.257 e. The van der Waals surface area contributed by atoms with Crippen LogP contribution >= 0.6 is 11.6 Å². The number of carbonyl (C=O) groups excluding carboxylic acids is 2. The van der Waals surface area contributed by atoms with Crippen LogP contribution in [0.15, 0.2) is 54.7 Å². The highest BCUT2D eigenvalue weighted by Gasteiger charge is 2.40. The largest absolute Gasteiger partial charge is 0.508 e. The molecule has 2 atom stereocenters. The Morgan fingerprint density at radius 2 is 1.97 bits per heavy atom. The summed E-state index contributed by atoms with van der Waals surface area (Å²) in [4.78, 5) is 32.1. The van der Waals surface area contributed by atoms with Crippen molar-refractivity contribution in [3.8, 4) is 5.75 Å². The third-order valence-corrected chi connectivity index (χ3v) is 6.00. The van der Waals surface area contributed by atoms with E-state index in [0.717, 1.165) is 0 Å². The Morgan fingerprint density at radius 3 is 2.62 bits per heavy atom. The number of pyridine rings is 1. The van der Waals surface area contributed by atoms with E-state index in [9.17, 15) is 19.1 Å². The molecule has 1 aliphatic carbocycles. The van der Waals surface area contributed by atoms with Gasteiger partial charge in [-0.05, 0) is 72.9 Å². The van der Waals surface area contributed by atoms with Crippen LogP contribution in [-0.2, 0) is 11.2 Å². The van der Waals surface area contributed by atoms with Crippen LogP contribution in [0.25, 0.3) is 0 Å². The number of fused-ring (bicyclic) bond motifs is 1. The van der Waals surface area contributed by atoms with E-state index in [1.54, 1.807) is 31.3 Å². The Kier molecular flexibility index (Phi) is 5.84. The molecular formula is C24H21ClFN3O3. The highest BCUT2D eigenvalue weighted by atomic mass is 35.5. The van der Waals surface area contributed by atoms with E-state index < -0.39 is 29.7 Å². The first kappa shape index (κ1) is 21.8. The van der Waals surface area contributed by atoms with Gasteiger partial charge in [0.05, 0.1) is 11.6 Å². The van der Waals surface area contributed by atoms with Crippen molar-refractivity contribution < 1.29 is 19.1 Å². The van der Waals surface area contributed by atoms with E-state index in [1.807, 2.05) is 0 Å². The number of halogens is 2. The van der Waals surface area contributed by atoms with Crippen molar-refractivity contribution in [2.24, 2.45) is 5.73 Å². The Hall–Kier alpha value is -3.45. The van der Waals surface area contributed by atoms with E-state index in [4.69, 9.17) is 17.3 Å². The topological polar surface area (TPSA) is 96.5 Å². The summed E-state index contributed by atoms with van der Waals surface area (Å²) in [5.41, 5.74) is 8.05. The van der Waals surface area contributed by atoms with Crippen molar-refractivity contribution in [2.45, 2.75) is 31.8 Å². The van der Waals surface area contributed by atoms with Crippen molar-refractivity contribution in [3.05, 3.63) is 93.5 Å². The number of rotatable bonds is 5. The summed E-state index contributed by atoms with van der Waals surface area (Å²) in [6.45, 7) is 1.70. The second-order valence-corrected chi connectivity index (χ2v) is 8.19. The molecular weight excluding hydrogens is 433 g/mol. The van der Waals surface area contributed by atoms with Gasteiger partial charge >= 0.3 is 0 Å². The minimum Gasteiger partial charge on any atom is -0.508 e. The Balaban J connectivity index is 1.90. The third kappa shape index (κ3) is 3.91. The van der Waals surface area contributed by atoms with Gasteiger partial charge in [0, 0.05) is 16.9 Å². The van der Waals surface area contributed by atoms with Crippen molar-refractivity contribution in [1.29, 1.82) is 0 Å². The SMILES string of the molecule is Cc1ncccc1C(=O)N([C@@H]1CCc2c(F)cc(Cl)cc21)[C@@H](C(N)=O)c1ccc(O)cc1. The molecule has 6 nitrogen and oxygen atoms in total. The van der Waals surface area contributed by atoms with E-state index >= 15 is 0 Å². The number of primary amides is 1. The maximum absolute atomic E-state index is 14.6. The second kappa shape index (κ2) is 8.59. The summed E-state index contributed by atoms with van der Waals surface area (Å²) >= 11 is 6.12. The van der Waals surface area contributed by atoms with Crippen LogP contribution in [0, 0.1) is 12.7 Å². The van der Waals surface area contributed by atoms with E-state index in [1.165, 1.54) is 35.2 Å². The lowest BCUT2D eigenvalue weighted by atomic mass is 9.97. The van der Waals surface area contributed by atoms with Crippen molar-refractivity contribution >= 4 is 23.4 Å². The minimum atomic E-state index is -1.15. The number of amides is 2. The van der Waals surface area contributed by atoms with Gasteiger partial charge < -0.3 is 15.7 Å². The average Bonchev–Trinajstić information content (AvgIpc) is 3.16. The molecule has 0 radical (unpaired) electrons. The lowest BCUT2D eigenvalue weighted by Crippen LogP contribution is -2.43. The molecule has 0 saturated heterocycles. The fraction of sp³-hybridized carbons (Fsp3) is 0.208. The van der Waals surface area contributed by atoms with Gasteiger partial charge in [-0.15, -0.1) is 0 Å². The highest BCUT2D eigenvalue weighted by molar-refractivity contribution is 6.30. The number of aromatic nitrogens is 1. The van der Waals surface area contributed by atoms with Gasteiger partial charge in [0.25, 0.3) is 5.91 Å². The lowest BCUT2D eigenvalue weighted by molar-refractivity contribution is -0.123. The first-order valence-corrected chi connectivity index (χ1v) is 10.5. The summed E-state index contributed by atoms with van der Waals surface area (Å²) in [5, 5.41) is 9.89. The van der Waals surface area contributed by atoms with Crippen molar-refractivity contribution in [2.75, 3.05) is 0 Å².